The number of aliphatic hydroxyl groups excluding tert-OH is 1. The van der Waals surface area contributed by atoms with E-state index in [1.807, 2.05) is 64.4 Å². The minimum Gasteiger partial charge on any atom is -0.391 e. The Morgan fingerprint density at radius 1 is 1.22 bits per heavy atom. The Hall–Kier alpha value is -2.82. The number of benzene rings is 1. The van der Waals surface area contributed by atoms with Crippen LogP contribution in [0.2, 0.25) is 0 Å². The molecule has 0 bridgehead atoms. The van der Waals surface area contributed by atoms with Gasteiger partial charge in [-0.3, -0.25) is 14.4 Å². The molecule has 1 aliphatic heterocycles. The SMILES string of the molecule is Cc1ncsc1-c1ccc([C@H](C)NC(=O)[C@@H]2C[C@@H](O)CN2C(=O)[C@H](NC(=O)CCN)C(C)(C)C)cc1. The molecule has 36 heavy (non-hydrogen) atoms. The number of aliphatic hydroxyl groups is 1. The van der Waals surface area contributed by atoms with Gasteiger partial charge in [-0.05, 0) is 30.4 Å². The molecule has 3 rings (SSSR count). The summed E-state index contributed by atoms with van der Waals surface area (Å²) in [6.07, 6.45) is -0.574. The fourth-order valence-corrected chi connectivity index (χ4v) is 5.19. The molecule has 0 unspecified atom stereocenters. The number of hydrogen-bond acceptors (Lipinski definition) is 7. The molecule has 1 fully saturated rings. The maximum atomic E-state index is 13.5. The minimum absolute atomic E-state index is 0.0353. The summed E-state index contributed by atoms with van der Waals surface area (Å²) >= 11 is 1.58. The van der Waals surface area contributed by atoms with Gasteiger partial charge in [-0.2, -0.15) is 0 Å². The topological polar surface area (TPSA) is 138 Å². The number of nitrogens with zero attached hydrogens (tertiary/aromatic N) is 2. The van der Waals surface area contributed by atoms with Crippen LogP contribution in [-0.2, 0) is 14.4 Å². The maximum Gasteiger partial charge on any atom is 0.246 e. The first-order valence-electron chi connectivity index (χ1n) is 12.2. The van der Waals surface area contributed by atoms with Crippen molar-refractivity contribution in [3.05, 3.63) is 41.0 Å². The summed E-state index contributed by atoms with van der Waals surface area (Å²) in [6, 6.07) is 5.97. The average molecular weight is 516 g/mol. The first-order chi connectivity index (χ1) is 16.9. The Labute approximate surface area is 216 Å². The van der Waals surface area contributed by atoms with Gasteiger partial charge in [0.2, 0.25) is 17.7 Å². The van der Waals surface area contributed by atoms with Crippen LogP contribution >= 0.6 is 11.3 Å². The largest absolute Gasteiger partial charge is 0.391 e. The number of nitrogens with two attached hydrogens (primary N) is 1. The van der Waals surface area contributed by atoms with Gasteiger partial charge in [-0.25, -0.2) is 4.98 Å². The fourth-order valence-electron chi connectivity index (χ4n) is 4.38. The Morgan fingerprint density at radius 2 is 1.89 bits per heavy atom. The highest BCUT2D eigenvalue weighted by atomic mass is 32.1. The number of likely N-dealkylation sites (tertiary alicyclic amines) is 1. The number of aryl methyl sites for hydroxylation is 1. The lowest BCUT2D eigenvalue weighted by Gasteiger charge is -2.35. The predicted molar refractivity (Wildman–Crippen MR) is 140 cm³/mol. The van der Waals surface area contributed by atoms with Crippen LogP contribution in [0.3, 0.4) is 0 Å². The molecule has 1 aromatic carbocycles. The smallest absolute Gasteiger partial charge is 0.246 e. The summed E-state index contributed by atoms with van der Waals surface area (Å²) in [5.74, 6) is -1.05. The van der Waals surface area contributed by atoms with Gasteiger partial charge in [-0.1, -0.05) is 45.0 Å². The van der Waals surface area contributed by atoms with E-state index in [1.165, 1.54) is 4.90 Å². The highest BCUT2D eigenvalue weighted by molar-refractivity contribution is 7.13. The molecule has 2 heterocycles. The zero-order valence-electron chi connectivity index (χ0n) is 21.6. The molecule has 9 nitrogen and oxygen atoms in total. The van der Waals surface area contributed by atoms with Crippen molar-refractivity contribution in [2.75, 3.05) is 13.1 Å². The molecule has 0 radical (unpaired) electrons. The minimum atomic E-state index is -0.850. The molecule has 0 aliphatic carbocycles. The highest BCUT2D eigenvalue weighted by Gasteiger charge is 2.44. The van der Waals surface area contributed by atoms with Crippen molar-refractivity contribution in [1.29, 1.82) is 0 Å². The molecule has 10 heteroatoms. The number of aromatic nitrogens is 1. The summed E-state index contributed by atoms with van der Waals surface area (Å²) in [6.45, 7) is 9.60. The van der Waals surface area contributed by atoms with Gasteiger partial charge in [0.15, 0.2) is 0 Å². The second kappa shape index (κ2) is 11.5. The van der Waals surface area contributed by atoms with E-state index in [-0.39, 0.29) is 49.7 Å². The van der Waals surface area contributed by atoms with Crippen LogP contribution < -0.4 is 16.4 Å². The molecule has 0 saturated carbocycles. The van der Waals surface area contributed by atoms with Gasteiger partial charge in [0.25, 0.3) is 0 Å². The van der Waals surface area contributed by atoms with Gasteiger partial charge < -0.3 is 26.4 Å². The number of β-amino-alcohol motifs (C(OH)–C–C–N with tert-alkyl or cyclic N) is 1. The van der Waals surface area contributed by atoms with Crippen LogP contribution in [-0.4, -0.2) is 64.0 Å². The number of carbonyl (C=O) groups excluding carboxylic acids is 3. The maximum absolute atomic E-state index is 13.5. The molecule has 3 amide bonds. The number of hydrogen-bond donors (Lipinski definition) is 4. The monoisotopic (exact) mass is 515 g/mol. The first kappa shape index (κ1) is 27.8. The van der Waals surface area contributed by atoms with Crippen molar-refractivity contribution in [3.8, 4) is 10.4 Å². The van der Waals surface area contributed by atoms with E-state index in [0.717, 1.165) is 21.7 Å². The summed E-state index contributed by atoms with van der Waals surface area (Å²) in [5, 5.41) is 16.1. The molecule has 4 atom stereocenters. The van der Waals surface area contributed by atoms with Crippen molar-refractivity contribution < 1.29 is 19.5 Å². The third-order valence-electron chi connectivity index (χ3n) is 6.43. The normalized spacial score (nSPS) is 19.6. The van der Waals surface area contributed by atoms with Gasteiger partial charge in [0, 0.05) is 25.9 Å². The van der Waals surface area contributed by atoms with Crippen LogP contribution in [0.4, 0.5) is 0 Å². The summed E-state index contributed by atoms with van der Waals surface area (Å²) in [5.41, 5.74) is 9.67. The first-order valence-corrected chi connectivity index (χ1v) is 13.1. The number of nitrogens with one attached hydrogen (secondary N) is 2. The molecular formula is C26H37N5O4S. The molecule has 196 valence electrons. The fraction of sp³-hybridized carbons (Fsp3) is 0.538. The van der Waals surface area contributed by atoms with E-state index >= 15 is 0 Å². The molecule has 1 saturated heterocycles. The third kappa shape index (κ3) is 6.48. The van der Waals surface area contributed by atoms with Crippen molar-refractivity contribution in [1.82, 2.24) is 20.5 Å². The van der Waals surface area contributed by atoms with E-state index in [2.05, 4.69) is 15.6 Å². The van der Waals surface area contributed by atoms with E-state index in [1.54, 1.807) is 11.3 Å². The lowest BCUT2D eigenvalue weighted by atomic mass is 9.85. The van der Waals surface area contributed by atoms with Crippen molar-refractivity contribution in [3.63, 3.8) is 0 Å². The Kier molecular flexibility index (Phi) is 8.86. The van der Waals surface area contributed by atoms with Crippen molar-refractivity contribution >= 4 is 29.1 Å². The average Bonchev–Trinajstić information content (AvgIpc) is 3.42. The third-order valence-corrected chi connectivity index (χ3v) is 7.41. The van der Waals surface area contributed by atoms with Gasteiger partial charge >= 0.3 is 0 Å². The summed E-state index contributed by atoms with van der Waals surface area (Å²) in [4.78, 5) is 45.8. The van der Waals surface area contributed by atoms with E-state index in [4.69, 9.17) is 5.73 Å². The Morgan fingerprint density at radius 3 is 2.44 bits per heavy atom. The van der Waals surface area contributed by atoms with Crippen molar-refractivity contribution in [2.24, 2.45) is 11.1 Å². The van der Waals surface area contributed by atoms with E-state index in [0.29, 0.717) is 0 Å². The van der Waals surface area contributed by atoms with Gasteiger partial charge in [0.1, 0.15) is 12.1 Å². The van der Waals surface area contributed by atoms with Crippen LogP contribution in [0.15, 0.2) is 29.8 Å². The molecule has 1 aromatic heterocycles. The second-order valence-corrected chi connectivity index (χ2v) is 11.3. The van der Waals surface area contributed by atoms with E-state index in [9.17, 15) is 19.5 Å². The predicted octanol–water partition coefficient (Wildman–Crippen LogP) is 2.14. The highest BCUT2D eigenvalue weighted by Crippen LogP contribution is 2.29. The van der Waals surface area contributed by atoms with E-state index < -0.39 is 23.6 Å². The van der Waals surface area contributed by atoms with Crippen LogP contribution in [0.5, 0.6) is 0 Å². The molecule has 2 aromatic rings. The van der Waals surface area contributed by atoms with Gasteiger partial charge in [0.05, 0.1) is 28.2 Å². The Balaban J connectivity index is 1.72. The standard InChI is InChI=1S/C26H37N5O4S/c1-15(17-6-8-18(9-7-17)22-16(2)28-14-36-22)29-24(34)20-12-19(32)13-31(20)25(35)23(26(3,4)5)30-21(33)10-11-27/h6-9,14-15,19-20,23,32H,10-13,27H2,1-5H3,(H,29,34)(H,30,33)/t15-,19+,20-,23-/m0/s1. The van der Waals surface area contributed by atoms with Crippen LogP contribution in [0.1, 0.15) is 57.8 Å². The lowest BCUT2D eigenvalue weighted by Crippen LogP contribution is -2.58. The van der Waals surface area contributed by atoms with Gasteiger partial charge in [-0.15, -0.1) is 11.3 Å². The van der Waals surface area contributed by atoms with Crippen LogP contribution in [0.25, 0.3) is 10.4 Å². The molecular weight excluding hydrogens is 478 g/mol. The molecule has 5 N–H and O–H groups in total. The number of amides is 3. The second-order valence-electron chi connectivity index (χ2n) is 10.4. The Bertz CT molecular complexity index is 1080. The molecule has 1 aliphatic rings. The number of thiazole rings is 1. The zero-order chi connectivity index (χ0) is 26.6. The van der Waals surface area contributed by atoms with Crippen molar-refractivity contribution in [2.45, 2.75) is 71.7 Å². The van der Waals surface area contributed by atoms with Crippen LogP contribution in [0, 0.1) is 12.3 Å². The quantitative estimate of drug-likeness (QED) is 0.425. The summed E-state index contributed by atoms with van der Waals surface area (Å²) < 4.78 is 0. The molecule has 0 spiro atoms. The number of carbonyl (C=O) groups is 3. The lowest BCUT2D eigenvalue weighted by molar-refractivity contribution is -0.144. The number of rotatable bonds is 8. The summed E-state index contributed by atoms with van der Waals surface area (Å²) in [7, 11) is 0. The zero-order valence-corrected chi connectivity index (χ0v) is 22.4.